The van der Waals surface area contributed by atoms with Crippen LogP contribution in [0.15, 0.2) is 42.6 Å². The average Bonchev–Trinajstić information content (AvgIpc) is 3.45. The Hall–Kier alpha value is -3.41. The molecule has 2 aromatic heterocycles. The number of alkyl halides is 3. The summed E-state index contributed by atoms with van der Waals surface area (Å²) < 4.78 is 41.8. The van der Waals surface area contributed by atoms with Crippen molar-refractivity contribution in [3.63, 3.8) is 0 Å². The fraction of sp³-hybridized carbons (Fsp3) is 0.364. The van der Waals surface area contributed by atoms with Crippen molar-refractivity contribution in [2.24, 2.45) is 11.8 Å². The van der Waals surface area contributed by atoms with Crippen molar-refractivity contribution in [2.45, 2.75) is 24.9 Å². The summed E-state index contributed by atoms with van der Waals surface area (Å²) in [6.45, 7) is 0.999. The first-order valence-corrected chi connectivity index (χ1v) is 10.1. The molecule has 6 nitrogen and oxygen atoms in total. The summed E-state index contributed by atoms with van der Waals surface area (Å²) in [6.07, 6.45) is -1.50. The smallest absolute Gasteiger partial charge is 0.335 e. The second-order valence-electron chi connectivity index (χ2n) is 8.26. The van der Waals surface area contributed by atoms with Gasteiger partial charge in [-0.3, -0.25) is 9.20 Å². The lowest BCUT2D eigenvalue weighted by Crippen LogP contribution is -2.31. The van der Waals surface area contributed by atoms with Gasteiger partial charge in [-0.25, -0.2) is 0 Å². The number of aromatic nitrogens is 3. The highest BCUT2D eigenvalue weighted by molar-refractivity contribution is 5.91. The van der Waals surface area contributed by atoms with Gasteiger partial charge in [-0.1, -0.05) is 18.2 Å². The minimum Gasteiger partial charge on any atom is -0.335 e. The van der Waals surface area contributed by atoms with E-state index in [1.807, 2.05) is 6.07 Å². The molecular formula is C22H18F3N5O. The Bertz CT molecular complexity index is 1200. The number of nitriles is 1. The van der Waals surface area contributed by atoms with Crippen molar-refractivity contribution in [3.05, 3.63) is 65.1 Å². The molecule has 1 aromatic carbocycles. The summed E-state index contributed by atoms with van der Waals surface area (Å²) in [5.41, 5.74) is 0.656. The number of halogens is 3. The Morgan fingerprint density at radius 2 is 1.81 bits per heavy atom. The van der Waals surface area contributed by atoms with Gasteiger partial charge in [0.1, 0.15) is 0 Å². The molecule has 0 N–H and O–H groups in total. The standard InChI is InChI=1S/C22H18F3N5O/c23-22(24,25)18-4-2-1-3-17(18)14-8-15-11-29(12-16(15)9-14)21(31)20-28-27-19-7-13(10-26)5-6-30(19)20/h1-7,14-16H,8-9,11-12H2/t14?,15-,16+. The van der Waals surface area contributed by atoms with E-state index in [4.69, 9.17) is 5.26 Å². The SMILES string of the molecule is N#Cc1ccn2c(C(=O)N3C[C@H]4CC(c5ccccc5C(F)(F)F)C[C@H]4C3)nnc2c1. The summed E-state index contributed by atoms with van der Waals surface area (Å²) in [5.74, 6) is 0.111. The molecular weight excluding hydrogens is 407 g/mol. The maximum Gasteiger partial charge on any atom is 0.416 e. The van der Waals surface area contributed by atoms with Crippen LogP contribution >= 0.6 is 0 Å². The summed E-state index contributed by atoms with van der Waals surface area (Å²) in [7, 11) is 0. The van der Waals surface area contributed by atoms with Gasteiger partial charge in [0.25, 0.3) is 5.91 Å². The van der Waals surface area contributed by atoms with Crippen LogP contribution in [0.1, 0.15) is 46.1 Å². The molecule has 1 aliphatic heterocycles. The van der Waals surface area contributed by atoms with Crippen LogP contribution in [0.2, 0.25) is 0 Å². The quantitative estimate of drug-likeness (QED) is 0.625. The highest BCUT2D eigenvalue weighted by atomic mass is 19.4. The molecule has 158 valence electrons. The molecule has 0 spiro atoms. The zero-order chi connectivity index (χ0) is 21.8. The topological polar surface area (TPSA) is 74.3 Å². The molecule has 1 unspecified atom stereocenters. The van der Waals surface area contributed by atoms with Crippen LogP contribution in [0.4, 0.5) is 13.2 Å². The minimum atomic E-state index is -4.36. The molecule has 1 saturated heterocycles. The van der Waals surface area contributed by atoms with Gasteiger partial charge in [0.15, 0.2) is 5.65 Å². The van der Waals surface area contributed by atoms with Crippen LogP contribution in [0.3, 0.4) is 0 Å². The van der Waals surface area contributed by atoms with Crippen LogP contribution in [0, 0.1) is 23.2 Å². The Balaban J connectivity index is 1.32. The van der Waals surface area contributed by atoms with Gasteiger partial charge >= 0.3 is 6.18 Å². The van der Waals surface area contributed by atoms with Gasteiger partial charge in [0.2, 0.25) is 5.82 Å². The Kier molecular flexibility index (Phi) is 4.46. The molecule has 0 bridgehead atoms. The van der Waals surface area contributed by atoms with Gasteiger partial charge in [0.05, 0.1) is 17.2 Å². The van der Waals surface area contributed by atoms with E-state index in [0.29, 0.717) is 42.7 Å². The third-order valence-corrected chi connectivity index (χ3v) is 6.47. The number of amides is 1. The third kappa shape index (κ3) is 3.32. The summed E-state index contributed by atoms with van der Waals surface area (Å²) in [4.78, 5) is 14.8. The first-order valence-electron chi connectivity index (χ1n) is 10.1. The molecule has 0 radical (unpaired) electrons. The second kappa shape index (κ2) is 7.08. The molecule has 1 saturated carbocycles. The second-order valence-corrected chi connectivity index (χ2v) is 8.26. The van der Waals surface area contributed by atoms with Crippen molar-refractivity contribution >= 4 is 11.6 Å². The predicted molar refractivity (Wildman–Crippen MR) is 104 cm³/mol. The summed E-state index contributed by atoms with van der Waals surface area (Å²) in [5, 5.41) is 17.0. The van der Waals surface area contributed by atoms with E-state index in [2.05, 4.69) is 10.2 Å². The number of carbonyl (C=O) groups excluding carboxylic acids is 1. The zero-order valence-electron chi connectivity index (χ0n) is 16.4. The van der Waals surface area contributed by atoms with Crippen molar-refractivity contribution in [1.82, 2.24) is 19.5 Å². The normalized spacial score (nSPS) is 23.2. The molecule has 1 aliphatic carbocycles. The van der Waals surface area contributed by atoms with E-state index in [-0.39, 0.29) is 29.5 Å². The fourth-order valence-corrected chi connectivity index (χ4v) is 5.08. The monoisotopic (exact) mass is 425 g/mol. The molecule has 2 aliphatic rings. The number of benzene rings is 1. The van der Waals surface area contributed by atoms with E-state index < -0.39 is 11.7 Å². The van der Waals surface area contributed by atoms with Gasteiger partial charge in [-0.05, 0) is 48.3 Å². The minimum absolute atomic E-state index is 0.150. The lowest BCUT2D eigenvalue weighted by atomic mass is 9.91. The van der Waals surface area contributed by atoms with Crippen LogP contribution < -0.4 is 0 Å². The highest BCUT2D eigenvalue weighted by Crippen LogP contribution is 2.49. The Morgan fingerprint density at radius 1 is 1.10 bits per heavy atom. The van der Waals surface area contributed by atoms with E-state index >= 15 is 0 Å². The third-order valence-electron chi connectivity index (χ3n) is 6.47. The van der Waals surface area contributed by atoms with Gasteiger partial charge in [0, 0.05) is 25.4 Å². The summed E-state index contributed by atoms with van der Waals surface area (Å²) >= 11 is 0. The first kappa shape index (κ1) is 19.5. The maximum atomic E-state index is 13.4. The molecule has 3 atom stereocenters. The van der Waals surface area contributed by atoms with Gasteiger partial charge < -0.3 is 4.90 Å². The summed E-state index contributed by atoms with van der Waals surface area (Å²) in [6, 6.07) is 11.0. The van der Waals surface area contributed by atoms with Crippen molar-refractivity contribution in [2.75, 3.05) is 13.1 Å². The first-order chi connectivity index (χ1) is 14.8. The Morgan fingerprint density at radius 3 is 2.48 bits per heavy atom. The number of nitrogens with zero attached hydrogens (tertiary/aromatic N) is 5. The molecule has 3 aromatic rings. The number of carbonyl (C=O) groups is 1. The number of likely N-dealkylation sites (tertiary alicyclic amines) is 1. The van der Waals surface area contributed by atoms with Crippen LogP contribution in [0.25, 0.3) is 5.65 Å². The zero-order valence-corrected chi connectivity index (χ0v) is 16.4. The average molecular weight is 425 g/mol. The number of rotatable bonds is 2. The van der Waals surface area contributed by atoms with Crippen molar-refractivity contribution < 1.29 is 18.0 Å². The van der Waals surface area contributed by atoms with E-state index in [0.717, 1.165) is 6.07 Å². The van der Waals surface area contributed by atoms with Crippen LogP contribution in [-0.2, 0) is 6.18 Å². The van der Waals surface area contributed by atoms with Gasteiger partial charge in [-0.2, -0.15) is 18.4 Å². The molecule has 1 amide bonds. The molecule has 3 heterocycles. The number of hydrogen-bond acceptors (Lipinski definition) is 4. The molecule has 9 heteroatoms. The van der Waals surface area contributed by atoms with E-state index in [1.165, 1.54) is 6.07 Å². The van der Waals surface area contributed by atoms with Crippen LogP contribution in [-0.4, -0.2) is 38.5 Å². The largest absolute Gasteiger partial charge is 0.416 e. The van der Waals surface area contributed by atoms with Crippen molar-refractivity contribution in [3.8, 4) is 6.07 Å². The molecule has 2 fully saturated rings. The van der Waals surface area contributed by atoms with Gasteiger partial charge in [-0.15, -0.1) is 10.2 Å². The Labute approximate surface area is 175 Å². The van der Waals surface area contributed by atoms with E-state index in [1.54, 1.807) is 39.8 Å². The molecule has 31 heavy (non-hydrogen) atoms. The predicted octanol–water partition coefficient (Wildman–Crippen LogP) is 3.89. The maximum absolute atomic E-state index is 13.4. The lowest BCUT2D eigenvalue weighted by molar-refractivity contribution is -0.138. The van der Waals surface area contributed by atoms with E-state index in [9.17, 15) is 18.0 Å². The number of pyridine rings is 1. The number of hydrogen-bond donors (Lipinski definition) is 0. The highest BCUT2D eigenvalue weighted by Gasteiger charge is 2.45. The van der Waals surface area contributed by atoms with Crippen LogP contribution in [0.5, 0.6) is 0 Å². The number of fused-ring (bicyclic) bond motifs is 2. The van der Waals surface area contributed by atoms with Crippen molar-refractivity contribution in [1.29, 1.82) is 5.26 Å². The molecule has 5 rings (SSSR count). The lowest BCUT2D eigenvalue weighted by Gasteiger charge is -2.21. The fourth-order valence-electron chi connectivity index (χ4n) is 5.08.